The molecule has 8 aliphatic rings. The molecule has 7 fully saturated rings. The van der Waals surface area contributed by atoms with Gasteiger partial charge in [-0.15, -0.1) is 0 Å². The quantitative estimate of drug-likeness (QED) is 0.153. The topological polar surface area (TPSA) is 205 Å². The fourth-order valence-electron chi connectivity index (χ4n) is 14.0. The molecule has 13 nitrogen and oxygen atoms in total. The van der Waals surface area contributed by atoms with Gasteiger partial charge in [-0.05, 0) is 80.0 Å². The van der Waals surface area contributed by atoms with Gasteiger partial charge in [0.25, 0.3) is 0 Å². The van der Waals surface area contributed by atoms with Gasteiger partial charge in [-0.2, -0.15) is 0 Å². The lowest BCUT2D eigenvalue weighted by atomic mass is 9.32. The lowest BCUT2D eigenvalue weighted by Crippen LogP contribution is -2.72. The smallest absolute Gasteiger partial charge is 0.187 e. The number of Topliss-reactive ketones (excluding diaryl/α,β-unsaturated/α-hetero) is 1. The summed E-state index contributed by atoms with van der Waals surface area (Å²) < 4.78 is 31.1. The summed E-state index contributed by atoms with van der Waals surface area (Å²) in [4.78, 5) is 14.5. The molecule has 0 aromatic heterocycles. The van der Waals surface area contributed by atoms with Gasteiger partial charge in [-0.1, -0.05) is 53.7 Å². The highest BCUT2D eigenvalue weighted by molar-refractivity contribution is 5.89. The van der Waals surface area contributed by atoms with Crippen LogP contribution in [0.2, 0.25) is 0 Å². The fourth-order valence-corrected chi connectivity index (χ4v) is 14.0. The Balaban J connectivity index is 1.05. The Morgan fingerprint density at radius 2 is 1.51 bits per heavy atom. The number of allylic oxidation sites excluding steroid dienone is 1. The fraction of sp³-hybridized carbons (Fsp3) is 0.929. The second kappa shape index (κ2) is 13.2. The van der Waals surface area contributed by atoms with Gasteiger partial charge in [0.15, 0.2) is 12.6 Å². The Morgan fingerprint density at radius 3 is 2.20 bits per heavy atom. The second-order valence-corrected chi connectivity index (χ2v) is 20.8. The van der Waals surface area contributed by atoms with Crippen molar-refractivity contribution in [1.82, 2.24) is 0 Å². The number of aliphatic hydroxyl groups excluding tert-OH is 7. The molecule has 20 unspecified atom stereocenters. The number of hydrogen-bond donors (Lipinski definition) is 7. The molecule has 20 atom stereocenters. The number of carbonyl (C=O) groups excluding carboxylic acids is 1. The molecular weight excluding hydrogens is 712 g/mol. The van der Waals surface area contributed by atoms with E-state index in [4.69, 9.17) is 23.7 Å². The van der Waals surface area contributed by atoms with Gasteiger partial charge in [0.05, 0.1) is 43.0 Å². The van der Waals surface area contributed by atoms with E-state index in [9.17, 15) is 40.5 Å². The number of aliphatic hydroxyl groups is 7. The standard InChI is InChI=1S/C42H66O13/c1-21-28(46)33(55-34-31(49)30(48)29(47)22(18-43)53-34)32(50)35(52-21)54-27-10-11-37(4)23(38(27,5)19-44)8-12-39(6)24(37)9-13-42-25-16-36(2,3)14-15-41(25,20-51-42)26(45)17-40(39,42)7/h9,13,21-25,27-35,43-44,46-50H,8,10-12,14-20H2,1-7H3. The van der Waals surface area contributed by atoms with E-state index in [0.29, 0.717) is 25.2 Å². The third kappa shape index (κ3) is 5.37. The summed E-state index contributed by atoms with van der Waals surface area (Å²) in [5.74, 6) is 0.663. The molecule has 0 aromatic rings. The summed E-state index contributed by atoms with van der Waals surface area (Å²) in [6.07, 6.45) is -3.63. The normalized spacial score (nSPS) is 58.3. The number of ether oxygens (including phenoxy) is 5. The zero-order valence-electron chi connectivity index (χ0n) is 33.6. The van der Waals surface area contributed by atoms with Crippen molar-refractivity contribution >= 4 is 5.78 Å². The molecular formula is C42H66O13. The third-order valence-corrected chi connectivity index (χ3v) is 17.7. The molecule has 3 heterocycles. The molecule has 4 saturated carbocycles. The van der Waals surface area contributed by atoms with Crippen molar-refractivity contribution in [3.63, 3.8) is 0 Å². The van der Waals surface area contributed by atoms with E-state index in [1.54, 1.807) is 6.92 Å². The highest BCUT2D eigenvalue weighted by atomic mass is 16.7. The molecule has 7 N–H and O–H groups in total. The van der Waals surface area contributed by atoms with Gasteiger partial charge in [-0.3, -0.25) is 4.79 Å². The van der Waals surface area contributed by atoms with E-state index in [2.05, 4.69) is 53.7 Å². The average molecular weight is 779 g/mol. The Hall–Kier alpha value is -1.07. The molecule has 0 aromatic carbocycles. The molecule has 8 rings (SSSR count). The largest absolute Gasteiger partial charge is 0.396 e. The van der Waals surface area contributed by atoms with Gasteiger partial charge in [-0.25, -0.2) is 0 Å². The lowest BCUT2D eigenvalue weighted by Gasteiger charge is -2.72. The molecule has 3 saturated heterocycles. The van der Waals surface area contributed by atoms with Crippen molar-refractivity contribution in [2.45, 2.75) is 173 Å². The van der Waals surface area contributed by atoms with Crippen LogP contribution in [-0.2, 0) is 28.5 Å². The van der Waals surface area contributed by atoms with Crippen molar-refractivity contribution in [2.24, 2.45) is 50.2 Å². The Bertz CT molecular complexity index is 1540. The maximum atomic E-state index is 14.5. The highest BCUT2D eigenvalue weighted by Crippen LogP contribution is 2.78. The van der Waals surface area contributed by atoms with Crippen molar-refractivity contribution < 1.29 is 64.2 Å². The average Bonchev–Trinajstić information content (AvgIpc) is 3.41. The minimum atomic E-state index is -1.73. The first kappa shape index (κ1) is 40.7. The van der Waals surface area contributed by atoms with Crippen molar-refractivity contribution in [2.75, 3.05) is 19.8 Å². The predicted octanol–water partition coefficient (Wildman–Crippen LogP) is 1.99. The summed E-state index contributed by atoms with van der Waals surface area (Å²) in [6, 6.07) is 0. The molecule has 1 spiro atoms. The van der Waals surface area contributed by atoms with Gasteiger partial charge in [0.1, 0.15) is 48.5 Å². The molecule has 13 heteroatoms. The number of hydrogen-bond acceptors (Lipinski definition) is 13. The van der Waals surface area contributed by atoms with E-state index in [1.165, 1.54) is 0 Å². The van der Waals surface area contributed by atoms with Crippen molar-refractivity contribution in [1.29, 1.82) is 0 Å². The first-order valence-corrected chi connectivity index (χ1v) is 20.8. The first-order chi connectivity index (χ1) is 25.7. The van der Waals surface area contributed by atoms with Crippen molar-refractivity contribution in [3.8, 4) is 0 Å². The van der Waals surface area contributed by atoms with Gasteiger partial charge >= 0.3 is 0 Å². The van der Waals surface area contributed by atoms with Crippen LogP contribution in [-0.4, -0.2) is 134 Å². The Kier molecular flexibility index (Phi) is 9.78. The SMILES string of the molecule is CC1OC(OC2CCC3(C)C(CCC4(C)C3C=CC35OCC6(CCC(C)(C)CC63)C(=O)CC45C)C2(C)CO)C(O)C(OC2OC(CO)C(O)C(O)C2O)C1O. The first-order valence-electron chi connectivity index (χ1n) is 20.8. The zero-order chi connectivity index (χ0) is 39.9. The van der Waals surface area contributed by atoms with E-state index in [0.717, 1.165) is 38.5 Å². The molecule has 2 bridgehead atoms. The van der Waals surface area contributed by atoms with Gasteiger partial charge in [0, 0.05) is 23.2 Å². The summed E-state index contributed by atoms with van der Waals surface area (Å²) in [7, 11) is 0. The van der Waals surface area contributed by atoms with Gasteiger partial charge in [0.2, 0.25) is 0 Å². The molecule has 312 valence electrons. The van der Waals surface area contributed by atoms with Crippen LogP contribution >= 0.6 is 0 Å². The van der Waals surface area contributed by atoms with E-state index >= 15 is 0 Å². The number of ketones is 1. The summed E-state index contributed by atoms with van der Waals surface area (Å²) in [5, 5.41) is 74.8. The molecule has 0 radical (unpaired) electrons. The number of carbonyl (C=O) groups is 1. The van der Waals surface area contributed by atoms with Crippen LogP contribution in [0.5, 0.6) is 0 Å². The Labute approximate surface area is 324 Å². The highest BCUT2D eigenvalue weighted by Gasteiger charge is 2.79. The molecule has 3 aliphatic heterocycles. The third-order valence-electron chi connectivity index (χ3n) is 17.7. The summed E-state index contributed by atoms with van der Waals surface area (Å²) >= 11 is 0. The zero-order valence-corrected chi connectivity index (χ0v) is 33.6. The number of rotatable bonds is 6. The van der Waals surface area contributed by atoms with Crippen LogP contribution in [0.1, 0.15) is 99.8 Å². The second-order valence-electron chi connectivity index (χ2n) is 20.8. The van der Waals surface area contributed by atoms with E-state index in [1.807, 2.05) is 0 Å². The van der Waals surface area contributed by atoms with Crippen LogP contribution in [0.15, 0.2) is 12.2 Å². The summed E-state index contributed by atoms with van der Waals surface area (Å²) in [5.41, 5.74) is -2.40. The van der Waals surface area contributed by atoms with Gasteiger partial charge < -0.3 is 59.4 Å². The lowest BCUT2D eigenvalue weighted by molar-refractivity contribution is -0.367. The predicted molar refractivity (Wildman–Crippen MR) is 196 cm³/mol. The van der Waals surface area contributed by atoms with Crippen LogP contribution < -0.4 is 0 Å². The van der Waals surface area contributed by atoms with Crippen LogP contribution in [0.4, 0.5) is 0 Å². The maximum absolute atomic E-state index is 14.5. The van der Waals surface area contributed by atoms with Crippen LogP contribution in [0, 0.1) is 50.2 Å². The Morgan fingerprint density at radius 1 is 0.800 bits per heavy atom. The summed E-state index contributed by atoms with van der Waals surface area (Å²) in [6.45, 7) is 15.1. The van der Waals surface area contributed by atoms with Crippen LogP contribution in [0.25, 0.3) is 0 Å². The minimum Gasteiger partial charge on any atom is -0.396 e. The molecule has 55 heavy (non-hydrogen) atoms. The van der Waals surface area contributed by atoms with Crippen LogP contribution in [0.3, 0.4) is 0 Å². The van der Waals surface area contributed by atoms with Crippen molar-refractivity contribution in [3.05, 3.63) is 12.2 Å². The minimum absolute atomic E-state index is 0.0190. The number of fused-ring (bicyclic) bond motifs is 4. The monoisotopic (exact) mass is 778 g/mol. The van der Waals surface area contributed by atoms with E-state index in [-0.39, 0.29) is 40.6 Å². The molecule has 0 amide bonds. The maximum Gasteiger partial charge on any atom is 0.187 e. The molecule has 5 aliphatic carbocycles. The van der Waals surface area contributed by atoms with E-state index < -0.39 is 96.0 Å².